The summed E-state index contributed by atoms with van der Waals surface area (Å²) in [4.78, 5) is 33.3. The number of piperazine rings is 1. The molecule has 2 heterocycles. The van der Waals surface area contributed by atoms with Gasteiger partial charge < -0.3 is 15.3 Å². The van der Waals surface area contributed by atoms with Crippen molar-refractivity contribution in [1.29, 1.82) is 0 Å². The molecule has 2 N–H and O–H groups in total. The second-order valence-electron chi connectivity index (χ2n) is 7.66. The molecule has 2 aromatic rings. The van der Waals surface area contributed by atoms with Crippen LogP contribution in [-0.4, -0.2) is 63.5 Å². The van der Waals surface area contributed by atoms with Gasteiger partial charge in [0.2, 0.25) is 0 Å². The van der Waals surface area contributed by atoms with Gasteiger partial charge in [-0.15, -0.1) is 11.3 Å². The van der Waals surface area contributed by atoms with E-state index in [1.807, 2.05) is 0 Å². The van der Waals surface area contributed by atoms with Crippen molar-refractivity contribution in [1.82, 2.24) is 20.1 Å². The van der Waals surface area contributed by atoms with E-state index in [1.54, 1.807) is 29.3 Å². The fourth-order valence-corrected chi connectivity index (χ4v) is 4.46. The molecule has 0 saturated carbocycles. The van der Waals surface area contributed by atoms with Crippen LogP contribution in [0.1, 0.15) is 34.1 Å². The van der Waals surface area contributed by atoms with Crippen LogP contribution in [0.2, 0.25) is 10.0 Å². The van der Waals surface area contributed by atoms with Crippen LogP contribution in [0, 0.1) is 0 Å². The van der Waals surface area contributed by atoms with Gasteiger partial charge in [-0.3, -0.25) is 14.5 Å². The number of amides is 2. The van der Waals surface area contributed by atoms with Gasteiger partial charge in [0.15, 0.2) is 0 Å². The Morgan fingerprint density at radius 2 is 1.93 bits per heavy atom. The molecule has 0 spiro atoms. The Balaban J connectivity index is 1.49. The van der Waals surface area contributed by atoms with Gasteiger partial charge in [-0.25, -0.2) is 4.98 Å². The number of rotatable bonds is 6. The van der Waals surface area contributed by atoms with Crippen molar-refractivity contribution in [2.75, 3.05) is 26.2 Å². The number of thiazole rings is 1. The molecule has 3 rings (SSSR count). The molecule has 1 aromatic heterocycles. The fourth-order valence-electron chi connectivity index (χ4n) is 3.10. The van der Waals surface area contributed by atoms with E-state index >= 15 is 0 Å². The summed E-state index contributed by atoms with van der Waals surface area (Å²) in [6, 6.07) is 5.16. The van der Waals surface area contributed by atoms with Crippen molar-refractivity contribution in [3.05, 3.63) is 49.9 Å². The number of aromatic nitrogens is 1. The number of hydrogen-bond acceptors (Lipinski definition) is 6. The lowest BCUT2D eigenvalue weighted by atomic mass is 10.1. The van der Waals surface area contributed by atoms with Gasteiger partial charge >= 0.3 is 0 Å². The molecule has 2 amide bonds. The molecule has 162 valence electrons. The van der Waals surface area contributed by atoms with Crippen LogP contribution in [0.5, 0.6) is 0 Å². The number of hydrogen-bond donors (Lipinski definition) is 2. The number of benzene rings is 1. The molecule has 0 radical (unpaired) electrons. The maximum Gasteiger partial charge on any atom is 0.263 e. The third-order valence-electron chi connectivity index (χ3n) is 4.77. The van der Waals surface area contributed by atoms with E-state index in [4.69, 9.17) is 23.2 Å². The number of nitrogens with zero attached hydrogens (tertiary/aromatic N) is 3. The predicted molar refractivity (Wildman–Crippen MR) is 118 cm³/mol. The lowest BCUT2D eigenvalue weighted by molar-refractivity contribution is -0.149. The second kappa shape index (κ2) is 9.62. The largest absolute Gasteiger partial charge is 0.381 e. The van der Waals surface area contributed by atoms with Gasteiger partial charge in [-0.2, -0.15) is 0 Å². The van der Waals surface area contributed by atoms with Gasteiger partial charge in [-0.1, -0.05) is 29.3 Å². The summed E-state index contributed by atoms with van der Waals surface area (Å²) >= 11 is 13.4. The van der Waals surface area contributed by atoms with E-state index in [1.165, 1.54) is 25.2 Å². The van der Waals surface area contributed by atoms with Crippen molar-refractivity contribution in [3.8, 4) is 0 Å². The molecule has 30 heavy (non-hydrogen) atoms. The van der Waals surface area contributed by atoms with Crippen LogP contribution in [0.15, 0.2) is 24.4 Å². The van der Waals surface area contributed by atoms with Crippen LogP contribution in [0.25, 0.3) is 0 Å². The Labute approximate surface area is 189 Å². The summed E-state index contributed by atoms with van der Waals surface area (Å²) < 4.78 is 0. The zero-order valence-electron chi connectivity index (χ0n) is 16.8. The van der Waals surface area contributed by atoms with E-state index in [0.29, 0.717) is 54.2 Å². The lowest BCUT2D eigenvalue weighted by Crippen LogP contribution is -2.53. The second-order valence-corrected chi connectivity index (χ2v) is 9.62. The molecule has 1 saturated heterocycles. The van der Waals surface area contributed by atoms with Gasteiger partial charge in [0, 0.05) is 42.8 Å². The van der Waals surface area contributed by atoms with E-state index < -0.39 is 5.60 Å². The van der Waals surface area contributed by atoms with Crippen molar-refractivity contribution in [2.24, 2.45) is 0 Å². The molecule has 10 heteroatoms. The van der Waals surface area contributed by atoms with Crippen LogP contribution >= 0.6 is 34.5 Å². The standard InChI is InChI=1S/C20H24Cl2N4O3S/c1-20(2,29)19(28)26-7-5-25(6-8-26)12-17-23-11-16(30-17)18(27)24-10-13-3-4-14(21)9-15(13)22/h3-4,9,11,29H,5-8,10,12H2,1-2H3,(H,24,27). The number of carbonyl (C=O) groups is 2. The summed E-state index contributed by atoms with van der Waals surface area (Å²) in [5.74, 6) is -0.457. The highest BCUT2D eigenvalue weighted by Crippen LogP contribution is 2.21. The average Bonchev–Trinajstić information content (AvgIpc) is 3.15. The first-order valence-electron chi connectivity index (χ1n) is 9.54. The quantitative estimate of drug-likeness (QED) is 0.677. The lowest BCUT2D eigenvalue weighted by Gasteiger charge is -2.36. The predicted octanol–water partition coefficient (Wildman–Crippen LogP) is 2.80. The highest BCUT2D eigenvalue weighted by Gasteiger charge is 2.31. The molecular weight excluding hydrogens is 447 g/mol. The van der Waals surface area contributed by atoms with E-state index in [-0.39, 0.29) is 11.8 Å². The minimum absolute atomic E-state index is 0.203. The summed E-state index contributed by atoms with van der Waals surface area (Å²) in [7, 11) is 0. The maximum atomic E-state index is 12.4. The first-order valence-corrected chi connectivity index (χ1v) is 11.1. The molecule has 1 aliphatic rings. The minimum atomic E-state index is -1.35. The fraction of sp³-hybridized carbons (Fsp3) is 0.450. The van der Waals surface area contributed by atoms with Gasteiger partial charge in [0.25, 0.3) is 11.8 Å². The highest BCUT2D eigenvalue weighted by atomic mass is 35.5. The minimum Gasteiger partial charge on any atom is -0.381 e. The monoisotopic (exact) mass is 470 g/mol. The molecule has 1 aromatic carbocycles. The molecule has 0 aliphatic carbocycles. The number of nitrogens with one attached hydrogen (secondary N) is 1. The summed E-state index contributed by atoms with van der Waals surface area (Å²) in [6.07, 6.45) is 1.58. The van der Waals surface area contributed by atoms with Crippen LogP contribution in [-0.2, 0) is 17.9 Å². The Morgan fingerprint density at radius 3 is 2.57 bits per heavy atom. The summed E-state index contributed by atoms with van der Waals surface area (Å²) in [5, 5.41) is 14.6. The van der Waals surface area contributed by atoms with Crippen LogP contribution in [0.4, 0.5) is 0 Å². The van der Waals surface area contributed by atoms with E-state index in [2.05, 4.69) is 15.2 Å². The van der Waals surface area contributed by atoms with Gasteiger partial charge in [-0.05, 0) is 31.5 Å². The third kappa shape index (κ3) is 5.92. The van der Waals surface area contributed by atoms with Crippen LogP contribution in [0.3, 0.4) is 0 Å². The molecule has 0 unspecified atom stereocenters. The number of halogens is 2. The van der Waals surface area contributed by atoms with Crippen molar-refractivity contribution in [3.63, 3.8) is 0 Å². The number of aliphatic hydroxyl groups is 1. The Hall–Kier alpha value is -1.71. The summed E-state index contributed by atoms with van der Waals surface area (Å²) in [5.41, 5.74) is -0.562. The Bertz CT molecular complexity index is 921. The molecule has 0 atom stereocenters. The number of carbonyl (C=O) groups excluding carboxylic acids is 2. The van der Waals surface area contributed by atoms with Crippen molar-refractivity contribution in [2.45, 2.75) is 32.5 Å². The Kier molecular flexibility index (Phi) is 7.36. The van der Waals surface area contributed by atoms with Crippen molar-refractivity contribution >= 4 is 46.4 Å². The zero-order chi connectivity index (χ0) is 21.9. The zero-order valence-corrected chi connectivity index (χ0v) is 19.1. The molecule has 0 bridgehead atoms. The van der Waals surface area contributed by atoms with Crippen LogP contribution < -0.4 is 5.32 Å². The molecule has 1 fully saturated rings. The van der Waals surface area contributed by atoms with Gasteiger partial charge in [0.1, 0.15) is 15.5 Å². The van der Waals surface area contributed by atoms with E-state index in [0.717, 1.165) is 10.6 Å². The normalized spacial score (nSPS) is 15.3. The molecular formula is C20H24Cl2N4O3S. The topological polar surface area (TPSA) is 85.8 Å². The summed E-state index contributed by atoms with van der Waals surface area (Å²) in [6.45, 7) is 6.43. The first-order chi connectivity index (χ1) is 14.1. The molecule has 1 aliphatic heterocycles. The molecule has 7 nitrogen and oxygen atoms in total. The highest BCUT2D eigenvalue weighted by molar-refractivity contribution is 7.13. The van der Waals surface area contributed by atoms with E-state index in [9.17, 15) is 14.7 Å². The van der Waals surface area contributed by atoms with Crippen molar-refractivity contribution < 1.29 is 14.7 Å². The maximum absolute atomic E-state index is 12.4. The SMILES string of the molecule is CC(C)(O)C(=O)N1CCN(Cc2ncc(C(=O)NCc3ccc(Cl)cc3Cl)s2)CC1. The average molecular weight is 471 g/mol. The van der Waals surface area contributed by atoms with Gasteiger partial charge in [0.05, 0.1) is 12.7 Å². The smallest absolute Gasteiger partial charge is 0.263 e. The third-order valence-corrected chi connectivity index (χ3v) is 6.34. The Morgan fingerprint density at radius 1 is 1.23 bits per heavy atom. The first kappa shape index (κ1) is 23.0.